The van der Waals surface area contributed by atoms with Gasteiger partial charge in [-0.2, -0.15) is 0 Å². The second-order valence-electron chi connectivity index (χ2n) is 5.22. The highest BCUT2D eigenvalue weighted by molar-refractivity contribution is 4.94. The second-order valence-corrected chi connectivity index (χ2v) is 5.22. The zero-order valence-electron chi connectivity index (χ0n) is 10.4. The van der Waals surface area contributed by atoms with Gasteiger partial charge in [0.2, 0.25) is 0 Å². The zero-order chi connectivity index (χ0) is 10.8. The molecular formula is C13H25NO. The summed E-state index contributed by atoms with van der Waals surface area (Å²) < 4.78 is 6.19. The monoisotopic (exact) mass is 211 g/mol. The van der Waals surface area contributed by atoms with Gasteiger partial charge in [0.25, 0.3) is 0 Å². The first kappa shape index (κ1) is 11.4. The summed E-state index contributed by atoms with van der Waals surface area (Å²) >= 11 is 0. The maximum absolute atomic E-state index is 6.19. The van der Waals surface area contributed by atoms with E-state index in [0.29, 0.717) is 12.2 Å². The largest absolute Gasteiger partial charge is 0.375 e. The van der Waals surface area contributed by atoms with Crippen molar-refractivity contribution >= 4 is 0 Å². The van der Waals surface area contributed by atoms with Gasteiger partial charge in [0.15, 0.2) is 0 Å². The number of fused-ring (bicyclic) bond motifs is 2. The van der Waals surface area contributed by atoms with Crippen LogP contribution >= 0.6 is 0 Å². The fourth-order valence-electron chi connectivity index (χ4n) is 3.23. The van der Waals surface area contributed by atoms with Gasteiger partial charge >= 0.3 is 0 Å². The van der Waals surface area contributed by atoms with E-state index >= 15 is 0 Å². The van der Waals surface area contributed by atoms with Crippen molar-refractivity contribution in [2.24, 2.45) is 0 Å². The lowest BCUT2D eigenvalue weighted by Gasteiger charge is -2.37. The normalized spacial score (nSPS) is 36.4. The molecule has 2 nitrogen and oxygen atoms in total. The predicted octanol–water partition coefficient (Wildman–Crippen LogP) is 2.82. The van der Waals surface area contributed by atoms with Crippen molar-refractivity contribution in [2.45, 2.75) is 76.7 Å². The third kappa shape index (κ3) is 2.36. The number of hydrogen-bond acceptors (Lipinski definition) is 2. The lowest BCUT2D eigenvalue weighted by atomic mass is 10.00. The summed E-state index contributed by atoms with van der Waals surface area (Å²) in [5.74, 6) is 0. The van der Waals surface area contributed by atoms with Crippen LogP contribution in [0.25, 0.3) is 0 Å². The van der Waals surface area contributed by atoms with E-state index in [4.69, 9.17) is 4.74 Å². The summed E-state index contributed by atoms with van der Waals surface area (Å²) in [6.07, 6.45) is 8.69. The maximum atomic E-state index is 6.19. The van der Waals surface area contributed by atoms with E-state index in [9.17, 15) is 0 Å². The quantitative estimate of drug-likeness (QED) is 0.709. The van der Waals surface area contributed by atoms with Crippen molar-refractivity contribution in [2.75, 3.05) is 7.05 Å². The number of ether oxygens (including phenoxy) is 1. The molecule has 0 spiro atoms. The minimum absolute atomic E-state index is 0.498. The molecule has 0 aromatic rings. The fraction of sp³-hybridized carbons (Fsp3) is 1.00. The first-order chi connectivity index (χ1) is 7.24. The first-order valence-corrected chi connectivity index (χ1v) is 6.62. The smallest absolute Gasteiger partial charge is 0.0608 e. The van der Waals surface area contributed by atoms with Gasteiger partial charge in [-0.05, 0) is 45.6 Å². The van der Waals surface area contributed by atoms with Crippen LogP contribution in [0.15, 0.2) is 0 Å². The van der Waals surface area contributed by atoms with Crippen LogP contribution in [-0.4, -0.2) is 36.2 Å². The number of nitrogens with zero attached hydrogens (tertiary/aromatic N) is 1. The molecule has 2 unspecified atom stereocenters. The lowest BCUT2D eigenvalue weighted by Crippen LogP contribution is -2.43. The van der Waals surface area contributed by atoms with E-state index in [2.05, 4.69) is 25.8 Å². The number of piperidine rings is 1. The van der Waals surface area contributed by atoms with Crippen LogP contribution in [0, 0.1) is 0 Å². The Balaban J connectivity index is 1.86. The molecule has 2 rings (SSSR count). The average Bonchev–Trinajstić information content (AvgIpc) is 2.50. The molecule has 2 heteroatoms. The van der Waals surface area contributed by atoms with Crippen LogP contribution in [0.3, 0.4) is 0 Å². The molecule has 0 aromatic heterocycles. The molecular weight excluding hydrogens is 186 g/mol. The molecule has 2 atom stereocenters. The standard InChI is InChI=1S/C13H25NO/c1-4-12(5-2)15-13-8-10-6-7-11(9-13)14(10)3/h10-13H,4-9H2,1-3H3. The molecule has 0 N–H and O–H groups in total. The topological polar surface area (TPSA) is 12.5 Å². The third-order valence-corrected chi connectivity index (χ3v) is 4.35. The van der Waals surface area contributed by atoms with Crippen molar-refractivity contribution in [1.29, 1.82) is 0 Å². The molecule has 0 saturated carbocycles. The van der Waals surface area contributed by atoms with Crippen LogP contribution in [-0.2, 0) is 4.74 Å². The lowest BCUT2D eigenvalue weighted by molar-refractivity contribution is -0.0583. The zero-order valence-corrected chi connectivity index (χ0v) is 10.4. The fourth-order valence-corrected chi connectivity index (χ4v) is 3.23. The third-order valence-electron chi connectivity index (χ3n) is 4.35. The van der Waals surface area contributed by atoms with E-state index in [-0.39, 0.29) is 0 Å². The summed E-state index contributed by atoms with van der Waals surface area (Å²) in [6.45, 7) is 4.47. The second kappa shape index (κ2) is 4.84. The Hall–Kier alpha value is -0.0800. The summed E-state index contributed by atoms with van der Waals surface area (Å²) in [5.41, 5.74) is 0. The minimum Gasteiger partial charge on any atom is -0.375 e. The Bertz CT molecular complexity index is 189. The van der Waals surface area contributed by atoms with Crippen molar-refractivity contribution in [3.05, 3.63) is 0 Å². The maximum Gasteiger partial charge on any atom is 0.0608 e. The van der Waals surface area contributed by atoms with Crippen LogP contribution in [0.5, 0.6) is 0 Å². The van der Waals surface area contributed by atoms with Gasteiger partial charge < -0.3 is 9.64 Å². The molecule has 15 heavy (non-hydrogen) atoms. The molecule has 0 aliphatic carbocycles. The highest BCUT2D eigenvalue weighted by Crippen LogP contribution is 2.36. The van der Waals surface area contributed by atoms with E-state index in [1.165, 1.54) is 25.7 Å². The first-order valence-electron chi connectivity index (χ1n) is 6.62. The summed E-state index contributed by atoms with van der Waals surface area (Å²) in [6, 6.07) is 1.62. The molecule has 2 bridgehead atoms. The Morgan fingerprint density at radius 2 is 1.67 bits per heavy atom. The molecule has 2 saturated heterocycles. The Morgan fingerprint density at radius 1 is 1.13 bits per heavy atom. The van der Waals surface area contributed by atoms with E-state index in [1.54, 1.807) is 0 Å². The highest BCUT2D eigenvalue weighted by Gasteiger charge is 2.39. The van der Waals surface area contributed by atoms with Gasteiger partial charge in [0.1, 0.15) is 0 Å². The SMILES string of the molecule is CCC(CC)OC1CC2CCC(C1)N2C. The van der Waals surface area contributed by atoms with Gasteiger partial charge in [-0.3, -0.25) is 0 Å². The van der Waals surface area contributed by atoms with Crippen molar-refractivity contribution in [3.8, 4) is 0 Å². The number of rotatable bonds is 4. The van der Waals surface area contributed by atoms with Crippen LogP contribution < -0.4 is 0 Å². The molecule has 88 valence electrons. The molecule has 2 heterocycles. The molecule has 2 aliphatic rings. The molecule has 2 aliphatic heterocycles. The van der Waals surface area contributed by atoms with Crippen LogP contribution in [0.2, 0.25) is 0 Å². The van der Waals surface area contributed by atoms with Gasteiger partial charge in [0.05, 0.1) is 12.2 Å². The van der Waals surface area contributed by atoms with Crippen molar-refractivity contribution in [1.82, 2.24) is 4.90 Å². The predicted molar refractivity (Wildman–Crippen MR) is 63.1 cm³/mol. The average molecular weight is 211 g/mol. The Kier molecular flexibility index (Phi) is 3.68. The Labute approximate surface area is 94.0 Å². The van der Waals surface area contributed by atoms with Crippen LogP contribution in [0.4, 0.5) is 0 Å². The van der Waals surface area contributed by atoms with E-state index < -0.39 is 0 Å². The number of hydrogen-bond donors (Lipinski definition) is 0. The summed E-state index contributed by atoms with van der Waals surface area (Å²) in [7, 11) is 2.29. The van der Waals surface area contributed by atoms with Crippen molar-refractivity contribution < 1.29 is 4.74 Å². The van der Waals surface area contributed by atoms with E-state index in [0.717, 1.165) is 24.9 Å². The summed E-state index contributed by atoms with van der Waals surface area (Å²) in [5, 5.41) is 0. The van der Waals surface area contributed by atoms with Crippen LogP contribution in [0.1, 0.15) is 52.4 Å². The molecule has 0 radical (unpaired) electrons. The molecule has 0 amide bonds. The van der Waals surface area contributed by atoms with Gasteiger partial charge in [-0.15, -0.1) is 0 Å². The van der Waals surface area contributed by atoms with Gasteiger partial charge in [-0.25, -0.2) is 0 Å². The molecule has 0 aromatic carbocycles. The van der Waals surface area contributed by atoms with E-state index in [1.807, 2.05) is 0 Å². The van der Waals surface area contributed by atoms with Gasteiger partial charge in [-0.1, -0.05) is 13.8 Å². The summed E-state index contributed by atoms with van der Waals surface area (Å²) in [4.78, 5) is 2.58. The molecule has 2 fully saturated rings. The minimum atomic E-state index is 0.498. The Morgan fingerprint density at radius 3 is 2.13 bits per heavy atom. The highest BCUT2D eigenvalue weighted by atomic mass is 16.5. The van der Waals surface area contributed by atoms with Gasteiger partial charge in [0, 0.05) is 12.1 Å². The van der Waals surface area contributed by atoms with Crippen molar-refractivity contribution in [3.63, 3.8) is 0 Å².